The highest BCUT2D eigenvalue weighted by Crippen LogP contribution is 2.15. The van der Waals surface area contributed by atoms with E-state index in [1.807, 2.05) is 0 Å². The summed E-state index contributed by atoms with van der Waals surface area (Å²) < 4.78 is 12.8. The summed E-state index contributed by atoms with van der Waals surface area (Å²) in [6, 6.07) is 6.51. The first-order chi connectivity index (χ1) is 8.65. The van der Waals surface area contributed by atoms with Crippen molar-refractivity contribution in [1.82, 2.24) is 10.2 Å². The van der Waals surface area contributed by atoms with Gasteiger partial charge in [-0.15, -0.1) is 0 Å². The van der Waals surface area contributed by atoms with Gasteiger partial charge in [0.1, 0.15) is 5.82 Å². The zero-order chi connectivity index (χ0) is 13.0. The van der Waals surface area contributed by atoms with Crippen molar-refractivity contribution in [2.24, 2.45) is 5.92 Å². The molecule has 0 spiro atoms. The molecule has 1 aliphatic heterocycles. The summed E-state index contributed by atoms with van der Waals surface area (Å²) in [5.41, 5.74) is 1.05. The van der Waals surface area contributed by atoms with Gasteiger partial charge in [0.25, 0.3) is 0 Å². The molecule has 1 atom stereocenters. The first-order valence-corrected chi connectivity index (χ1v) is 6.83. The molecule has 0 saturated carbocycles. The molecule has 1 fully saturated rings. The number of nitrogens with zero attached hydrogens (tertiary/aromatic N) is 1. The van der Waals surface area contributed by atoms with Gasteiger partial charge in [-0.05, 0) is 48.7 Å². The molecule has 18 heavy (non-hydrogen) atoms. The maximum absolute atomic E-state index is 12.8. The average molecular weight is 266 g/mol. The molecule has 0 radical (unpaired) electrons. The lowest BCUT2D eigenvalue weighted by molar-refractivity contribution is 0.270. The topological polar surface area (TPSA) is 15.3 Å². The van der Waals surface area contributed by atoms with Gasteiger partial charge in [-0.1, -0.05) is 19.1 Å². The van der Waals surface area contributed by atoms with E-state index < -0.39 is 0 Å². The van der Waals surface area contributed by atoms with Gasteiger partial charge in [0.2, 0.25) is 0 Å². The lowest BCUT2D eigenvalue weighted by Gasteiger charge is -2.33. The van der Waals surface area contributed by atoms with Crippen LogP contribution in [0.4, 0.5) is 4.39 Å². The normalized spacial score (nSPS) is 19.7. The Balaban J connectivity index is 1.82. The summed E-state index contributed by atoms with van der Waals surface area (Å²) in [6.07, 6.45) is 2.50. The predicted octanol–water partition coefficient (Wildman–Crippen LogP) is 2.93. The van der Waals surface area contributed by atoms with Crippen molar-refractivity contribution in [3.8, 4) is 0 Å². The zero-order valence-electron chi connectivity index (χ0n) is 10.7. The van der Waals surface area contributed by atoms with Crippen LogP contribution < -0.4 is 5.32 Å². The van der Waals surface area contributed by atoms with Crippen molar-refractivity contribution in [2.75, 3.05) is 13.1 Å². The van der Waals surface area contributed by atoms with E-state index in [0.717, 1.165) is 23.8 Å². The fourth-order valence-electron chi connectivity index (χ4n) is 2.27. The predicted molar refractivity (Wildman–Crippen MR) is 75.8 cm³/mol. The smallest absolute Gasteiger partial charge is 0.169 e. The molecule has 1 heterocycles. The van der Waals surface area contributed by atoms with Crippen LogP contribution in [-0.4, -0.2) is 23.1 Å². The number of hydrogen-bond acceptors (Lipinski definition) is 1. The van der Waals surface area contributed by atoms with E-state index in [0.29, 0.717) is 12.5 Å². The summed E-state index contributed by atoms with van der Waals surface area (Å²) in [4.78, 5) is 2.23. The highest BCUT2D eigenvalue weighted by molar-refractivity contribution is 7.80. The molecule has 1 aromatic carbocycles. The molecule has 1 N–H and O–H groups in total. The highest BCUT2D eigenvalue weighted by atomic mass is 32.1. The van der Waals surface area contributed by atoms with Crippen LogP contribution in [0, 0.1) is 11.7 Å². The summed E-state index contributed by atoms with van der Waals surface area (Å²) in [5.74, 6) is 0.510. The Morgan fingerprint density at radius 3 is 2.83 bits per heavy atom. The monoisotopic (exact) mass is 266 g/mol. The largest absolute Gasteiger partial charge is 0.358 e. The van der Waals surface area contributed by atoms with Crippen molar-refractivity contribution in [1.29, 1.82) is 0 Å². The van der Waals surface area contributed by atoms with Crippen molar-refractivity contribution in [2.45, 2.75) is 26.3 Å². The van der Waals surface area contributed by atoms with Crippen molar-refractivity contribution < 1.29 is 4.39 Å². The Hall–Kier alpha value is -1.16. The number of nitrogens with one attached hydrogen (secondary N) is 1. The van der Waals surface area contributed by atoms with Crippen molar-refractivity contribution >= 4 is 17.3 Å². The maximum atomic E-state index is 12.8. The third-order valence-electron chi connectivity index (χ3n) is 3.30. The molecule has 0 aliphatic carbocycles. The van der Waals surface area contributed by atoms with Gasteiger partial charge < -0.3 is 10.2 Å². The van der Waals surface area contributed by atoms with Crippen LogP contribution >= 0.6 is 12.2 Å². The molecule has 2 rings (SSSR count). The number of thiocarbonyl (C=S) groups is 1. The van der Waals surface area contributed by atoms with Crippen LogP contribution in [-0.2, 0) is 6.54 Å². The van der Waals surface area contributed by atoms with Crippen molar-refractivity contribution in [3.63, 3.8) is 0 Å². The third-order valence-corrected chi connectivity index (χ3v) is 3.70. The van der Waals surface area contributed by atoms with E-state index in [9.17, 15) is 4.39 Å². The van der Waals surface area contributed by atoms with Gasteiger partial charge in [0.15, 0.2) is 5.11 Å². The van der Waals surface area contributed by atoms with Gasteiger partial charge in [-0.2, -0.15) is 0 Å². The number of likely N-dealkylation sites (tertiary alicyclic amines) is 1. The van der Waals surface area contributed by atoms with Crippen LogP contribution in [0.3, 0.4) is 0 Å². The fraction of sp³-hybridized carbons (Fsp3) is 0.500. The second-order valence-electron chi connectivity index (χ2n) is 4.98. The van der Waals surface area contributed by atoms with Gasteiger partial charge in [0.05, 0.1) is 0 Å². The second-order valence-corrected chi connectivity index (χ2v) is 5.37. The lowest BCUT2D eigenvalue weighted by Crippen LogP contribution is -2.44. The minimum Gasteiger partial charge on any atom is -0.358 e. The van der Waals surface area contributed by atoms with Gasteiger partial charge in [-0.3, -0.25) is 0 Å². The van der Waals surface area contributed by atoms with E-state index in [1.165, 1.54) is 25.0 Å². The summed E-state index contributed by atoms with van der Waals surface area (Å²) in [5, 5.41) is 4.05. The van der Waals surface area contributed by atoms with Gasteiger partial charge >= 0.3 is 0 Å². The highest BCUT2D eigenvalue weighted by Gasteiger charge is 2.17. The molecule has 4 heteroatoms. The van der Waals surface area contributed by atoms with E-state index in [2.05, 4.69) is 17.1 Å². The first-order valence-electron chi connectivity index (χ1n) is 6.42. The molecule has 98 valence electrons. The number of rotatable bonds is 2. The van der Waals surface area contributed by atoms with E-state index in [-0.39, 0.29) is 5.82 Å². The Bertz CT molecular complexity index is 405. The second kappa shape index (κ2) is 6.14. The van der Waals surface area contributed by atoms with Crippen LogP contribution in [0.2, 0.25) is 0 Å². The molecule has 1 saturated heterocycles. The molecule has 0 bridgehead atoms. The minimum absolute atomic E-state index is 0.203. The molecule has 0 amide bonds. The summed E-state index contributed by atoms with van der Waals surface area (Å²) in [6.45, 7) is 4.99. The van der Waals surface area contributed by atoms with Crippen LogP contribution in [0.5, 0.6) is 0 Å². The number of benzene rings is 1. The number of piperidine rings is 1. The van der Waals surface area contributed by atoms with Crippen LogP contribution in [0.1, 0.15) is 25.3 Å². The van der Waals surface area contributed by atoms with E-state index >= 15 is 0 Å². The lowest BCUT2D eigenvalue weighted by atomic mass is 10.0. The van der Waals surface area contributed by atoms with E-state index in [4.69, 9.17) is 12.2 Å². The number of halogens is 1. The molecule has 1 aliphatic rings. The quantitative estimate of drug-likeness (QED) is 0.829. The maximum Gasteiger partial charge on any atom is 0.169 e. The average Bonchev–Trinajstić information content (AvgIpc) is 2.38. The number of hydrogen-bond donors (Lipinski definition) is 1. The zero-order valence-corrected chi connectivity index (χ0v) is 11.5. The first kappa shape index (κ1) is 13.3. The standard InChI is InChI=1S/C14H19FN2S/c1-11-3-2-8-17(10-11)14(18)16-9-12-4-6-13(15)7-5-12/h4-7,11H,2-3,8-10H2,1H3,(H,16,18)/t11-/m1/s1. The third kappa shape index (κ3) is 3.67. The van der Waals surface area contributed by atoms with Crippen LogP contribution in [0.25, 0.3) is 0 Å². The Labute approximate surface area is 113 Å². The molecule has 0 unspecified atom stereocenters. The Morgan fingerprint density at radius 1 is 1.44 bits per heavy atom. The molecule has 0 aromatic heterocycles. The SMILES string of the molecule is C[C@@H]1CCCN(C(=S)NCc2ccc(F)cc2)C1. The summed E-state index contributed by atoms with van der Waals surface area (Å²) in [7, 11) is 0. The van der Waals surface area contributed by atoms with Gasteiger partial charge in [-0.25, -0.2) is 4.39 Å². The van der Waals surface area contributed by atoms with Crippen LogP contribution in [0.15, 0.2) is 24.3 Å². The molecule has 1 aromatic rings. The fourth-order valence-corrected chi connectivity index (χ4v) is 2.50. The molecular formula is C14H19FN2S. The summed E-state index contributed by atoms with van der Waals surface area (Å²) >= 11 is 5.39. The van der Waals surface area contributed by atoms with Gasteiger partial charge in [0, 0.05) is 19.6 Å². The Morgan fingerprint density at radius 2 is 2.17 bits per heavy atom. The van der Waals surface area contributed by atoms with Crippen molar-refractivity contribution in [3.05, 3.63) is 35.6 Å². The Kier molecular flexibility index (Phi) is 4.53. The molecule has 2 nitrogen and oxygen atoms in total. The van der Waals surface area contributed by atoms with E-state index in [1.54, 1.807) is 12.1 Å². The minimum atomic E-state index is -0.203. The molecular weight excluding hydrogens is 247 g/mol.